The molecule has 0 atom stereocenters. The Morgan fingerprint density at radius 1 is 1.35 bits per heavy atom. The molecule has 0 bridgehead atoms. The molecule has 0 spiro atoms. The summed E-state index contributed by atoms with van der Waals surface area (Å²) in [7, 11) is 0. The zero-order valence-electron chi connectivity index (χ0n) is 10.5. The molecule has 1 aromatic carbocycles. The first-order chi connectivity index (χ1) is 8.16. The third kappa shape index (κ3) is 3.48. The molecule has 1 fully saturated rings. The van der Waals surface area contributed by atoms with E-state index < -0.39 is 0 Å². The average molecular weight is 232 g/mol. The minimum absolute atomic E-state index is 0.0813. The largest absolute Gasteiger partial charge is 0.376 e. The molecule has 0 saturated heterocycles. The fraction of sp³-hybridized carbons (Fsp3) is 0.500. The van der Waals surface area contributed by atoms with Gasteiger partial charge in [0, 0.05) is 12.2 Å². The van der Waals surface area contributed by atoms with Crippen molar-refractivity contribution in [2.45, 2.75) is 26.7 Å². The Bertz CT molecular complexity index is 411. The van der Waals surface area contributed by atoms with Crippen LogP contribution in [0.25, 0.3) is 0 Å². The summed E-state index contributed by atoms with van der Waals surface area (Å²) in [6.07, 6.45) is 2.54. The van der Waals surface area contributed by atoms with Crippen molar-refractivity contribution in [3.63, 3.8) is 0 Å². The number of hydrogen-bond acceptors (Lipinski definition) is 2. The molecule has 1 aromatic rings. The molecular formula is C14H20N2O. The van der Waals surface area contributed by atoms with Crippen molar-refractivity contribution in [1.29, 1.82) is 0 Å². The Labute approximate surface area is 103 Å². The normalized spacial score (nSPS) is 14.5. The number of rotatable bonds is 5. The Balaban J connectivity index is 1.79. The van der Waals surface area contributed by atoms with Gasteiger partial charge in [-0.05, 0) is 49.8 Å². The first-order valence-electron chi connectivity index (χ1n) is 6.23. The van der Waals surface area contributed by atoms with E-state index in [0.29, 0.717) is 6.54 Å². The van der Waals surface area contributed by atoms with Crippen molar-refractivity contribution in [3.8, 4) is 0 Å². The molecule has 0 unspecified atom stereocenters. The highest BCUT2D eigenvalue weighted by Crippen LogP contribution is 2.27. The number of anilines is 1. The number of benzene rings is 1. The second kappa shape index (κ2) is 5.21. The van der Waals surface area contributed by atoms with Crippen LogP contribution in [0.15, 0.2) is 18.2 Å². The van der Waals surface area contributed by atoms with E-state index >= 15 is 0 Å². The zero-order valence-corrected chi connectivity index (χ0v) is 10.5. The standard InChI is InChI=1S/C14H20N2O/c1-10-4-3-5-13(11(10)2)15-9-14(17)16-8-12-6-7-12/h3-5,12,15H,6-9H2,1-2H3,(H,16,17). The van der Waals surface area contributed by atoms with Crippen molar-refractivity contribution < 1.29 is 4.79 Å². The van der Waals surface area contributed by atoms with Gasteiger partial charge in [-0.15, -0.1) is 0 Å². The minimum Gasteiger partial charge on any atom is -0.376 e. The molecule has 1 aliphatic carbocycles. The van der Waals surface area contributed by atoms with Gasteiger partial charge in [0.2, 0.25) is 5.91 Å². The molecule has 0 aliphatic heterocycles. The van der Waals surface area contributed by atoms with E-state index in [-0.39, 0.29) is 5.91 Å². The van der Waals surface area contributed by atoms with Gasteiger partial charge < -0.3 is 10.6 Å². The summed E-state index contributed by atoms with van der Waals surface area (Å²) in [6, 6.07) is 6.09. The first kappa shape index (κ1) is 12.0. The summed E-state index contributed by atoms with van der Waals surface area (Å²) < 4.78 is 0. The fourth-order valence-corrected chi connectivity index (χ4v) is 1.76. The predicted molar refractivity (Wildman–Crippen MR) is 70.1 cm³/mol. The van der Waals surface area contributed by atoms with Crippen LogP contribution in [0.1, 0.15) is 24.0 Å². The van der Waals surface area contributed by atoms with E-state index in [1.807, 2.05) is 12.1 Å². The van der Waals surface area contributed by atoms with Gasteiger partial charge in [0.25, 0.3) is 0 Å². The van der Waals surface area contributed by atoms with E-state index in [4.69, 9.17) is 0 Å². The number of aryl methyl sites for hydroxylation is 1. The molecule has 0 aromatic heterocycles. The Kier molecular flexibility index (Phi) is 3.67. The molecule has 2 N–H and O–H groups in total. The molecular weight excluding hydrogens is 212 g/mol. The van der Waals surface area contributed by atoms with E-state index in [2.05, 4.69) is 30.5 Å². The van der Waals surface area contributed by atoms with Crippen LogP contribution < -0.4 is 10.6 Å². The summed E-state index contributed by atoms with van der Waals surface area (Å²) in [4.78, 5) is 11.6. The lowest BCUT2D eigenvalue weighted by atomic mass is 10.1. The first-order valence-corrected chi connectivity index (χ1v) is 6.23. The molecule has 1 saturated carbocycles. The monoisotopic (exact) mass is 232 g/mol. The Hall–Kier alpha value is -1.51. The van der Waals surface area contributed by atoms with Gasteiger partial charge in [-0.25, -0.2) is 0 Å². The van der Waals surface area contributed by atoms with Gasteiger partial charge >= 0.3 is 0 Å². The number of carbonyl (C=O) groups is 1. The van der Waals surface area contributed by atoms with Gasteiger partial charge in [0.15, 0.2) is 0 Å². The molecule has 92 valence electrons. The van der Waals surface area contributed by atoms with Gasteiger partial charge in [-0.2, -0.15) is 0 Å². The molecule has 17 heavy (non-hydrogen) atoms. The lowest BCUT2D eigenvalue weighted by Gasteiger charge is -2.11. The molecule has 1 amide bonds. The highest BCUT2D eigenvalue weighted by Gasteiger charge is 2.21. The van der Waals surface area contributed by atoms with Crippen LogP contribution in [0.3, 0.4) is 0 Å². The third-order valence-corrected chi connectivity index (χ3v) is 3.33. The van der Waals surface area contributed by atoms with Crippen LogP contribution in [-0.2, 0) is 4.79 Å². The third-order valence-electron chi connectivity index (χ3n) is 3.33. The van der Waals surface area contributed by atoms with Crippen molar-refractivity contribution in [1.82, 2.24) is 5.32 Å². The summed E-state index contributed by atoms with van der Waals surface area (Å²) in [5.41, 5.74) is 3.50. The Morgan fingerprint density at radius 3 is 2.82 bits per heavy atom. The lowest BCUT2D eigenvalue weighted by Crippen LogP contribution is -2.31. The number of hydrogen-bond donors (Lipinski definition) is 2. The van der Waals surface area contributed by atoms with Crippen molar-refractivity contribution in [2.75, 3.05) is 18.4 Å². The lowest BCUT2D eigenvalue weighted by molar-refractivity contribution is -0.119. The SMILES string of the molecule is Cc1cccc(NCC(=O)NCC2CC2)c1C. The van der Waals surface area contributed by atoms with E-state index in [9.17, 15) is 4.79 Å². The van der Waals surface area contributed by atoms with Crippen LogP contribution in [0, 0.1) is 19.8 Å². The topological polar surface area (TPSA) is 41.1 Å². The van der Waals surface area contributed by atoms with Gasteiger partial charge in [0.05, 0.1) is 6.54 Å². The molecule has 1 aliphatic rings. The van der Waals surface area contributed by atoms with Crippen molar-refractivity contribution in [2.24, 2.45) is 5.92 Å². The second-order valence-corrected chi connectivity index (χ2v) is 4.85. The van der Waals surface area contributed by atoms with Gasteiger partial charge in [-0.1, -0.05) is 12.1 Å². The number of carbonyl (C=O) groups excluding carboxylic acids is 1. The van der Waals surface area contributed by atoms with Gasteiger partial charge in [-0.3, -0.25) is 4.79 Å². The smallest absolute Gasteiger partial charge is 0.239 e. The fourth-order valence-electron chi connectivity index (χ4n) is 1.76. The van der Waals surface area contributed by atoms with Crippen LogP contribution in [0.2, 0.25) is 0 Å². The number of nitrogens with one attached hydrogen (secondary N) is 2. The van der Waals surface area contributed by atoms with E-state index in [1.54, 1.807) is 0 Å². The average Bonchev–Trinajstić information content (AvgIpc) is 3.12. The molecule has 2 rings (SSSR count). The Morgan fingerprint density at radius 2 is 2.12 bits per heavy atom. The maximum Gasteiger partial charge on any atom is 0.239 e. The molecule has 0 radical (unpaired) electrons. The summed E-state index contributed by atoms with van der Waals surface area (Å²) in [6.45, 7) is 5.35. The quantitative estimate of drug-likeness (QED) is 0.817. The summed E-state index contributed by atoms with van der Waals surface area (Å²) in [5, 5.41) is 6.13. The second-order valence-electron chi connectivity index (χ2n) is 4.85. The van der Waals surface area contributed by atoms with Crippen LogP contribution in [0.5, 0.6) is 0 Å². The van der Waals surface area contributed by atoms with Crippen molar-refractivity contribution in [3.05, 3.63) is 29.3 Å². The molecule has 3 nitrogen and oxygen atoms in total. The van der Waals surface area contributed by atoms with E-state index in [0.717, 1.165) is 18.2 Å². The van der Waals surface area contributed by atoms with Crippen LogP contribution in [0.4, 0.5) is 5.69 Å². The number of amides is 1. The predicted octanol–water partition coefficient (Wildman–Crippen LogP) is 2.24. The zero-order chi connectivity index (χ0) is 12.3. The summed E-state index contributed by atoms with van der Waals surface area (Å²) in [5.74, 6) is 0.817. The highest BCUT2D eigenvalue weighted by molar-refractivity contribution is 5.81. The maximum atomic E-state index is 11.6. The highest BCUT2D eigenvalue weighted by atomic mass is 16.1. The minimum atomic E-state index is 0.0813. The molecule has 0 heterocycles. The molecule has 3 heteroatoms. The summed E-state index contributed by atoms with van der Waals surface area (Å²) >= 11 is 0. The maximum absolute atomic E-state index is 11.6. The van der Waals surface area contributed by atoms with Crippen molar-refractivity contribution >= 4 is 11.6 Å². The van der Waals surface area contributed by atoms with Gasteiger partial charge in [0.1, 0.15) is 0 Å². The van der Waals surface area contributed by atoms with E-state index in [1.165, 1.54) is 24.0 Å². The van der Waals surface area contributed by atoms with Crippen LogP contribution in [-0.4, -0.2) is 19.0 Å². The van der Waals surface area contributed by atoms with Crippen LogP contribution >= 0.6 is 0 Å².